The summed E-state index contributed by atoms with van der Waals surface area (Å²) in [6.07, 6.45) is 3.12. The summed E-state index contributed by atoms with van der Waals surface area (Å²) in [5, 5.41) is 2.81. The van der Waals surface area contributed by atoms with Crippen molar-refractivity contribution in [1.82, 2.24) is 4.98 Å². The maximum atomic E-state index is 12.1. The fourth-order valence-electron chi connectivity index (χ4n) is 1.56. The van der Waals surface area contributed by atoms with E-state index in [0.29, 0.717) is 17.9 Å². The van der Waals surface area contributed by atoms with Crippen LogP contribution in [0.25, 0.3) is 0 Å². The van der Waals surface area contributed by atoms with Crippen molar-refractivity contribution in [2.45, 2.75) is 6.92 Å². The van der Waals surface area contributed by atoms with Crippen LogP contribution >= 0.6 is 0 Å². The summed E-state index contributed by atoms with van der Waals surface area (Å²) in [4.78, 5) is 16.0. The molecule has 1 N–H and O–H groups in total. The van der Waals surface area contributed by atoms with Gasteiger partial charge in [-0.1, -0.05) is 18.2 Å². The number of ether oxygens (including phenoxy) is 1. The van der Waals surface area contributed by atoms with Crippen LogP contribution < -0.4 is 10.1 Å². The summed E-state index contributed by atoms with van der Waals surface area (Å²) >= 11 is 0. The van der Waals surface area contributed by atoms with Crippen molar-refractivity contribution in [1.29, 1.82) is 0 Å². The first-order valence-electron chi connectivity index (χ1n) is 5.74. The molecule has 92 valence electrons. The Bertz CT molecular complexity index is 526. The molecule has 0 atom stereocenters. The lowest BCUT2D eigenvalue weighted by Crippen LogP contribution is -2.13. The maximum absolute atomic E-state index is 12.1. The standard InChI is InChI=1S/C14H14N2O2/c1-2-18-13-10-15-9-8-12(13)14(17)16-11-6-4-3-5-7-11/h3-10H,2H2,1H3,(H,16,17). The molecule has 0 aliphatic carbocycles. The fraction of sp³-hybridized carbons (Fsp3) is 0.143. The predicted octanol–water partition coefficient (Wildman–Crippen LogP) is 2.73. The number of nitrogens with zero attached hydrogens (tertiary/aromatic N) is 1. The molecular weight excluding hydrogens is 228 g/mol. The molecule has 4 nitrogen and oxygen atoms in total. The highest BCUT2D eigenvalue weighted by Gasteiger charge is 2.12. The fourth-order valence-corrected chi connectivity index (χ4v) is 1.56. The summed E-state index contributed by atoms with van der Waals surface area (Å²) in [7, 11) is 0. The third-order valence-corrected chi connectivity index (χ3v) is 2.36. The smallest absolute Gasteiger partial charge is 0.259 e. The molecule has 0 saturated carbocycles. The molecule has 0 fully saturated rings. The lowest BCUT2D eigenvalue weighted by molar-refractivity contribution is 0.102. The number of carbonyl (C=O) groups is 1. The molecule has 1 aromatic heterocycles. The Morgan fingerprint density at radius 1 is 1.28 bits per heavy atom. The van der Waals surface area contributed by atoms with Gasteiger partial charge in [-0.25, -0.2) is 0 Å². The number of aromatic nitrogens is 1. The molecule has 0 aliphatic rings. The first-order chi connectivity index (χ1) is 8.81. The largest absolute Gasteiger partial charge is 0.491 e. The van der Waals surface area contributed by atoms with Gasteiger partial charge in [-0.15, -0.1) is 0 Å². The predicted molar refractivity (Wildman–Crippen MR) is 69.8 cm³/mol. The van der Waals surface area contributed by atoms with Crippen LogP contribution in [0.15, 0.2) is 48.8 Å². The quantitative estimate of drug-likeness (QED) is 0.896. The molecule has 1 heterocycles. The first kappa shape index (κ1) is 12.1. The van der Waals surface area contributed by atoms with Crippen LogP contribution in [-0.2, 0) is 0 Å². The third kappa shape index (κ3) is 2.85. The highest BCUT2D eigenvalue weighted by molar-refractivity contribution is 6.06. The van der Waals surface area contributed by atoms with E-state index in [-0.39, 0.29) is 5.91 Å². The number of para-hydroxylation sites is 1. The second-order valence-electron chi connectivity index (χ2n) is 3.62. The van der Waals surface area contributed by atoms with Gasteiger partial charge in [0.1, 0.15) is 5.75 Å². The Balaban J connectivity index is 2.19. The zero-order chi connectivity index (χ0) is 12.8. The molecule has 0 unspecified atom stereocenters. The number of carbonyl (C=O) groups excluding carboxylic acids is 1. The average Bonchev–Trinajstić information content (AvgIpc) is 2.41. The summed E-state index contributed by atoms with van der Waals surface area (Å²) in [6, 6.07) is 10.9. The molecule has 0 aliphatic heterocycles. The Morgan fingerprint density at radius 3 is 2.78 bits per heavy atom. The van der Waals surface area contributed by atoms with Crippen LogP contribution in [0.5, 0.6) is 5.75 Å². The van der Waals surface area contributed by atoms with E-state index < -0.39 is 0 Å². The molecule has 0 radical (unpaired) electrons. The van der Waals surface area contributed by atoms with Crippen LogP contribution in [0.3, 0.4) is 0 Å². The molecule has 1 amide bonds. The molecule has 2 aromatic rings. The molecule has 0 bridgehead atoms. The number of anilines is 1. The first-order valence-corrected chi connectivity index (χ1v) is 5.74. The van der Waals surface area contributed by atoms with Gasteiger partial charge in [0, 0.05) is 11.9 Å². The Hall–Kier alpha value is -2.36. The SMILES string of the molecule is CCOc1cnccc1C(=O)Nc1ccccc1. The zero-order valence-corrected chi connectivity index (χ0v) is 10.1. The van der Waals surface area contributed by atoms with Gasteiger partial charge < -0.3 is 10.1 Å². The summed E-state index contributed by atoms with van der Waals surface area (Å²) < 4.78 is 5.37. The van der Waals surface area contributed by atoms with Gasteiger partial charge in [-0.3, -0.25) is 9.78 Å². The number of hydrogen-bond donors (Lipinski definition) is 1. The van der Waals surface area contributed by atoms with E-state index in [4.69, 9.17) is 4.74 Å². The van der Waals surface area contributed by atoms with E-state index in [1.165, 1.54) is 0 Å². The monoisotopic (exact) mass is 242 g/mol. The van der Waals surface area contributed by atoms with Crippen molar-refractivity contribution in [2.75, 3.05) is 11.9 Å². The number of benzene rings is 1. The van der Waals surface area contributed by atoms with Gasteiger partial charge in [0.15, 0.2) is 0 Å². The van der Waals surface area contributed by atoms with E-state index >= 15 is 0 Å². The van der Waals surface area contributed by atoms with Gasteiger partial charge in [0.2, 0.25) is 0 Å². The normalized spacial score (nSPS) is 9.83. The van der Waals surface area contributed by atoms with Gasteiger partial charge in [-0.2, -0.15) is 0 Å². The molecule has 4 heteroatoms. The van der Waals surface area contributed by atoms with Crippen molar-refractivity contribution in [3.05, 3.63) is 54.4 Å². The summed E-state index contributed by atoms with van der Waals surface area (Å²) in [5.74, 6) is 0.292. The minimum Gasteiger partial charge on any atom is -0.491 e. The van der Waals surface area contributed by atoms with Crippen molar-refractivity contribution >= 4 is 11.6 Å². The van der Waals surface area contributed by atoms with Gasteiger partial charge in [-0.05, 0) is 25.1 Å². The lowest BCUT2D eigenvalue weighted by Gasteiger charge is -2.09. The molecule has 1 aromatic carbocycles. The van der Waals surface area contributed by atoms with Crippen LogP contribution in [0, 0.1) is 0 Å². The third-order valence-electron chi connectivity index (χ3n) is 2.36. The second-order valence-corrected chi connectivity index (χ2v) is 3.62. The molecule has 0 spiro atoms. The van der Waals surface area contributed by atoms with Crippen molar-refractivity contribution < 1.29 is 9.53 Å². The van der Waals surface area contributed by atoms with Crippen LogP contribution in [0.2, 0.25) is 0 Å². The topological polar surface area (TPSA) is 51.2 Å². The summed E-state index contributed by atoms with van der Waals surface area (Å²) in [6.45, 7) is 2.36. The maximum Gasteiger partial charge on any atom is 0.259 e. The van der Waals surface area contributed by atoms with E-state index in [0.717, 1.165) is 5.69 Å². The molecule has 2 rings (SSSR count). The lowest BCUT2D eigenvalue weighted by atomic mass is 10.2. The van der Waals surface area contributed by atoms with Crippen molar-refractivity contribution in [2.24, 2.45) is 0 Å². The second kappa shape index (κ2) is 5.82. The van der Waals surface area contributed by atoms with Crippen LogP contribution in [0.1, 0.15) is 17.3 Å². The summed E-state index contributed by atoms with van der Waals surface area (Å²) in [5.41, 5.74) is 1.23. The number of rotatable bonds is 4. The van der Waals surface area contributed by atoms with E-state index in [9.17, 15) is 4.79 Å². The van der Waals surface area contributed by atoms with Gasteiger partial charge >= 0.3 is 0 Å². The zero-order valence-electron chi connectivity index (χ0n) is 10.1. The van der Waals surface area contributed by atoms with Crippen molar-refractivity contribution in [3.8, 4) is 5.75 Å². The number of nitrogens with one attached hydrogen (secondary N) is 1. The highest BCUT2D eigenvalue weighted by Crippen LogP contribution is 2.18. The molecule has 18 heavy (non-hydrogen) atoms. The van der Waals surface area contributed by atoms with Crippen LogP contribution in [-0.4, -0.2) is 17.5 Å². The highest BCUT2D eigenvalue weighted by atomic mass is 16.5. The van der Waals surface area contributed by atoms with E-state index in [2.05, 4.69) is 10.3 Å². The van der Waals surface area contributed by atoms with Crippen LogP contribution in [0.4, 0.5) is 5.69 Å². The minimum atomic E-state index is -0.202. The minimum absolute atomic E-state index is 0.202. The number of hydrogen-bond acceptors (Lipinski definition) is 3. The molecule has 0 saturated heterocycles. The van der Waals surface area contributed by atoms with E-state index in [1.807, 2.05) is 37.3 Å². The Kier molecular flexibility index (Phi) is 3.91. The number of pyridine rings is 1. The number of amides is 1. The van der Waals surface area contributed by atoms with Gasteiger partial charge in [0.25, 0.3) is 5.91 Å². The Labute approximate surface area is 106 Å². The van der Waals surface area contributed by atoms with Crippen molar-refractivity contribution in [3.63, 3.8) is 0 Å². The average molecular weight is 242 g/mol. The Morgan fingerprint density at radius 2 is 2.06 bits per heavy atom. The van der Waals surface area contributed by atoms with E-state index in [1.54, 1.807) is 18.5 Å². The van der Waals surface area contributed by atoms with Gasteiger partial charge in [0.05, 0.1) is 18.4 Å². The molecular formula is C14H14N2O2.